The quantitative estimate of drug-likeness (QED) is 0.313. The molecule has 1 aromatic heterocycles. The fourth-order valence-electron chi connectivity index (χ4n) is 3.62. The van der Waals surface area contributed by atoms with Crippen molar-refractivity contribution in [3.63, 3.8) is 0 Å². The van der Waals surface area contributed by atoms with Crippen LogP contribution in [0.2, 0.25) is 0 Å². The molecule has 0 fully saturated rings. The molecule has 0 amide bonds. The van der Waals surface area contributed by atoms with Crippen molar-refractivity contribution in [3.05, 3.63) is 69.6 Å². The van der Waals surface area contributed by atoms with Gasteiger partial charge in [-0.3, -0.25) is 0 Å². The number of rotatable bonds is 12. The number of benzene rings is 2. The maximum Gasteiger partial charge on any atom is 0.368 e. The smallest absolute Gasteiger partial charge is 0.368 e. The van der Waals surface area contributed by atoms with Gasteiger partial charge in [0.15, 0.2) is 0 Å². The number of nitrogens with zero attached hydrogens (tertiary/aromatic N) is 4. The highest BCUT2D eigenvalue weighted by Gasteiger charge is 2.16. The van der Waals surface area contributed by atoms with Crippen molar-refractivity contribution in [3.8, 4) is 17.2 Å². The van der Waals surface area contributed by atoms with E-state index in [0.717, 1.165) is 36.2 Å². The molecule has 3 aromatic rings. The molecule has 0 saturated heterocycles. The van der Waals surface area contributed by atoms with Crippen LogP contribution in [0.4, 0.5) is 0 Å². The summed E-state index contributed by atoms with van der Waals surface area (Å²) in [6.07, 6.45) is 6.47. The zero-order valence-electron chi connectivity index (χ0n) is 20.2. The van der Waals surface area contributed by atoms with E-state index < -0.39 is 0 Å². The highest BCUT2D eigenvalue weighted by molar-refractivity contribution is 5.82. The van der Waals surface area contributed by atoms with Gasteiger partial charge in [0, 0.05) is 25.5 Å². The van der Waals surface area contributed by atoms with Gasteiger partial charge in [0.25, 0.3) is 0 Å². The fraction of sp³-hybridized carbons (Fsp3) is 0.360. The van der Waals surface area contributed by atoms with Gasteiger partial charge in [-0.25, -0.2) is 4.79 Å². The van der Waals surface area contributed by atoms with Crippen molar-refractivity contribution in [2.45, 2.75) is 39.7 Å². The second kappa shape index (κ2) is 11.8. The van der Waals surface area contributed by atoms with Crippen LogP contribution < -0.4 is 20.5 Å². The van der Waals surface area contributed by atoms with Crippen LogP contribution in [0.1, 0.15) is 42.9 Å². The van der Waals surface area contributed by atoms with Crippen LogP contribution in [-0.2, 0) is 13.7 Å². The molecular formula is C25H32N6O3. The summed E-state index contributed by atoms with van der Waals surface area (Å²) >= 11 is 0. The van der Waals surface area contributed by atoms with E-state index in [4.69, 9.17) is 14.9 Å². The molecule has 0 aliphatic carbocycles. The lowest BCUT2D eigenvalue weighted by molar-refractivity contribution is 0.294. The number of allylic oxidation sites excluding steroid dienone is 1. The lowest BCUT2D eigenvalue weighted by Crippen LogP contribution is -2.23. The van der Waals surface area contributed by atoms with E-state index in [1.165, 1.54) is 22.0 Å². The van der Waals surface area contributed by atoms with Crippen molar-refractivity contribution >= 4 is 11.9 Å². The van der Waals surface area contributed by atoms with E-state index >= 15 is 0 Å². The van der Waals surface area contributed by atoms with Crippen molar-refractivity contribution in [1.82, 2.24) is 25.1 Å². The lowest BCUT2D eigenvalue weighted by Gasteiger charge is -2.16. The first kappa shape index (κ1) is 24.8. The Bertz CT molecular complexity index is 1210. The van der Waals surface area contributed by atoms with E-state index in [2.05, 4.69) is 22.7 Å². The van der Waals surface area contributed by atoms with Gasteiger partial charge in [0.1, 0.15) is 18.1 Å². The molecule has 180 valence electrons. The van der Waals surface area contributed by atoms with Crippen molar-refractivity contribution < 1.29 is 9.47 Å². The number of aromatic nitrogens is 4. The Balaban J connectivity index is 1.82. The zero-order valence-corrected chi connectivity index (χ0v) is 20.2. The number of hydrogen-bond acceptors (Lipinski definition) is 7. The van der Waals surface area contributed by atoms with Gasteiger partial charge in [-0.1, -0.05) is 25.8 Å². The third-order valence-electron chi connectivity index (χ3n) is 5.48. The first-order valence-electron chi connectivity index (χ1n) is 11.3. The molecule has 0 aliphatic rings. The molecule has 0 spiro atoms. The third kappa shape index (κ3) is 5.72. The Hall–Kier alpha value is -3.88. The summed E-state index contributed by atoms with van der Waals surface area (Å²) in [5.41, 5.74) is 3.75. The second-order valence-corrected chi connectivity index (χ2v) is 7.90. The van der Waals surface area contributed by atoms with E-state index in [0.29, 0.717) is 22.7 Å². The van der Waals surface area contributed by atoms with Crippen molar-refractivity contribution in [2.75, 3.05) is 13.7 Å². The normalized spacial score (nSPS) is 11.4. The van der Waals surface area contributed by atoms with Gasteiger partial charge < -0.3 is 20.2 Å². The summed E-state index contributed by atoms with van der Waals surface area (Å²) in [7, 11) is 3.12. The summed E-state index contributed by atoms with van der Waals surface area (Å²) in [5.74, 6) is 1.31. The number of aryl methyl sites for hydroxylation is 2. The molecular weight excluding hydrogens is 432 g/mol. The molecule has 0 atom stereocenters. The minimum absolute atomic E-state index is 0.182. The monoisotopic (exact) mass is 464 g/mol. The first-order valence-corrected chi connectivity index (χ1v) is 11.3. The van der Waals surface area contributed by atoms with Gasteiger partial charge in [-0.05, 0) is 71.3 Å². The Morgan fingerprint density at radius 3 is 2.65 bits per heavy atom. The largest absolute Gasteiger partial charge is 0.496 e. The molecule has 0 unspecified atom stereocenters. The number of tetrazole rings is 1. The summed E-state index contributed by atoms with van der Waals surface area (Å²) < 4.78 is 14.1. The maximum absolute atomic E-state index is 12.4. The van der Waals surface area contributed by atoms with E-state index in [-0.39, 0.29) is 12.3 Å². The zero-order chi connectivity index (χ0) is 24.5. The van der Waals surface area contributed by atoms with Crippen LogP contribution in [0.25, 0.3) is 11.4 Å². The van der Waals surface area contributed by atoms with Gasteiger partial charge in [0.05, 0.1) is 18.4 Å². The van der Waals surface area contributed by atoms with Crippen molar-refractivity contribution in [2.24, 2.45) is 7.05 Å². The summed E-state index contributed by atoms with van der Waals surface area (Å²) in [6, 6.07) is 11.3. The Morgan fingerprint density at radius 1 is 1.18 bits per heavy atom. The third-order valence-corrected chi connectivity index (χ3v) is 5.48. The molecule has 0 bridgehead atoms. The van der Waals surface area contributed by atoms with Crippen LogP contribution >= 0.6 is 0 Å². The summed E-state index contributed by atoms with van der Waals surface area (Å²) in [6.45, 7) is 5.20. The molecule has 0 saturated carbocycles. The molecule has 3 rings (SSSR count). The summed E-state index contributed by atoms with van der Waals surface area (Å²) in [4.78, 5) is 12.4. The number of nitrogens with one attached hydrogen (secondary N) is 2. The molecule has 34 heavy (non-hydrogen) atoms. The van der Waals surface area contributed by atoms with Crippen LogP contribution in [0.3, 0.4) is 0 Å². The Morgan fingerprint density at radius 2 is 2.00 bits per heavy atom. The Kier molecular flexibility index (Phi) is 8.61. The number of unbranched alkanes of at least 4 members (excludes halogenated alkanes) is 2. The predicted molar refractivity (Wildman–Crippen MR) is 133 cm³/mol. The molecule has 9 heteroatoms. The second-order valence-electron chi connectivity index (χ2n) is 7.90. The first-order chi connectivity index (χ1) is 16.5. The van der Waals surface area contributed by atoms with Crippen LogP contribution in [0.5, 0.6) is 11.5 Å². The van der Waals surface area contributed by atoms with Crippen LogP contribution in [0.15, 0.2) is 47.3 Å². The molecule has 2 aromatic carbocycles. The minimum atomic E-state index is -0.355. The molecule has 1 heterocycles. The van der Waals surface area contributed by atoms with Gasteiger partial charge >= 0.3 is 5.69 Å². The molecule has 0 aliphatic heterocycles. The topological polar surface area (TPSA) is 107 Å². The SMILES string of the molecule is CCCCCN/C(=C\C=N)c1ccc(OCc2c(OC)cccc2-n2nnn(C)c2=O)c(C)c1. The number of methoxy groups -OCH3 is 1. The lowest BCUT2D eigenvalue weighted by atomic mass is 10.1. The van der Waals surface area contributed by atoms with Gasteiger partial charge in [-0.2, -0.15) is 9.36 Å². The standard InChI is InChI=1S/C25H32N6O3/c1-5-6-7-15-27-21(13-14-26)19-11-12-23(18(2)16-19)34-17-20-22(9-8-10-24(20)33-4)31-25(32)30(3)28-29-31/h8-14,16,26-27H,5-7,15,17H2,1-4H3/b21-13-,26-14?. The van der Waals surface area contributed by atoms with Crippen LogP contribution in [-0.4, -0.2) is 39.7 Å². The highest BCUT2D eigenvalue weighted by Crippen LogP contribution is 2.28. The summed E-state index contributed by atoms with van der Waals surface area (Å²) in [5, 5.41) is 18.7. The van der Waals surface area contributed by atoms with E-state index in [9.17, 15) is 4.79 Å². The predicted octanol–water partition coefficient (Wildman–Crippen LogP) is 3.63. The van der Waals surface area contributed by atoms with Gasteiger partial charge in [-0.15, -0.1) is 0 Å². The highest BCUT2D eigenvalue weighted by atomic mass is 16.5. The molecule has 9 nitrogen and oxygen atoms in total. The number of ether oxygens (including phenoxy) is 2. The fourth-order valence-corrected chi connectivity index (χ4v) is 3.62. The molecule has 0 radical (unpaired) electrons. The average Bonchev–Trinajstić information content (AvgIpc) is 3.18. The maximum atomic E-state index is 12.4. The van der Waals surface area contributed by atoms with Crippen LogP contribution in [0, 0.1) is 12.3 Å². The van der Waals surface area contributed by atoms with E-state index in [1.54, 1.807) is 32.4 Å². The number of hydrogen-bond donors (Lipinski definition) is 2. The van der Waals surface area contributed by atoms with E-state index in [1.807, 2.05) is 31.2 Å². The minimum Gasteiger partial charge on any atom is -0.496 e. The van der Waals surface area contributed by atoms with Crippen molar-refractivity contribution in [1.29, 1.82) is 5.41 Å². The molecule has 2 N–H and O–H groups in total. The van der Waals surface area contributed by atoms with Gasteiger partial charge in [0.2, 0.25) is 0 Å². The Labute approximate surface area is 199 Å². The average molecular weight is 465 g/mol.